The van der Waals surface area contributed by atoms with Crippen molar-refractivity contribution < 1.29 is 23.9 Å². The summed E-state index contributed by atoms with van der Waals surface area (Å²) in [6.07, 6.45) is 3.46. The molecule has 0 fully saturated rings. The molecule has 8 nitrogen and oxygen atoms in total. The Morgan fingerprint density at radius 2 is 1.79 bits per heavy atom. The number of hydrogen-bond donors (Lipinski definition) is 2. The van der Waals surface area contributed by atoms with E-state index in [1.807, 2.05) is 24.3 Å². The van der Waals surface area contributed by atoms with Gasteiger partial charge < -0.3 is 14.8 Å². The Bertz CT molecular complexity index is 1450. The first-order chi connectivity index (χ1) is 20.0. The molecule has 2 atom stereocenters. The third-order valence-corrected chi connectivity index (χ3v) is 8.35. The van der Waals surface area contributed by atoms with Gasteiger partial charge in [0, 0.05) is 10.4 Å². The number of thiophene rings is 1. The van der Waals surface area contributed by atoms with Crippen LogP contribution in [0.2, 0.25) is 0 Å². The molecule has 0 radical (unpaired) electrons. The average Bonchev–Trinajstić information content (AvgIpc) is 3.30. The van der Waals surface area contributed by atoms with E-state index in [1.54, 1.807) is 44.3 Å². The summed E-state index contributed by atoms with van der Waals surface area (Å²) in [5.74, 6) is -0.178. The van der Waals surface area contributed by atoms with Crippen molar-refractivity contribution in [2.45, 2.75) is 72.3 Å². The van der Waals surface area contributed by atoms with Crippen LogP contribution in [0.15, 0.2) is 53.6 Å². The lowest BCUT2D eigenvalue weighted by Gasteiger charge is -2.18. The van der Waals surface area contributed by atoms with Crippen LogP contribution in [0, 0.1) is 5.92 Å². The molecule has 2 N–H and O–H groups in total. The van der Waals surface area contributed by atoms with E-state index < -0.39 is 18.0 Å². The van der Waals surface area contributed by atoms with E-state index >= 15 is 0 Å². The smallest absolute Gasteiger partial charge is 0.341 e. The highest BCUT2D eigenvalue weighted by molar-refractivity contribution is 7.17. The van der Waals surface area contributed by atoms with Crippen molar-refractivity contribution in [3.05, 3.63) is 81.2 Å². The van der Waals surface area contributed by atoms with Gasteiger partial charge in [0.15, 0.2) is 6.10 Å². The summed E-state index contributed by atoms with van der Waals surface area (Å²) in [6.45, 7) is 12.3. The molecular formula is C33H39N3O5S. The number of carbonyl (C=O) groups is 3. The second-order valence-electron chi connectivity index (χ2n) is 11.6. The van der Waals surface area contributed by atoms with Crippen molar-refractivity contribution in [2.75, 3.05) is 11.9 Å². The number of fused-ring (bicyclic) bond motifs is 1. The van der Waals surface area contributed by atoms with Crippen LogP contribution < -0.4 is 15.5 Å². The van der Waals surface area contributed by atoms with E-state index in [1.165, 1.54) is 16.9 Å². The van der Waals surface area contributed by atoms with Gasteiger partial charge in [-0.25, -0.2) is 10.2 Å². The highest BCUT2D eigenvalue weighted by Crippen LogP contribution is 2.40. The fourth-order valence-electron chi connectivity index (χ4n) is 4.71. The summed E-state index contributed by atoms with van der Waals surface area (Å²) >= 11 is 1.45. The third kappa shape index (κ3) is 7.64. The molecule has 1 heterocycles. The SMILES string of the molecule is CCOC(=O)c1c(NC(=O)c2ccc(O[C@@H](C)C(=O)N/N=C\c3ccc(C(C)(C)C)cc3)cc2)sc2c1CC[C@H](C)C2. The molecule has 0 saturated heterocycles. The molecule has 1 aromatic heterocycles. The highest BCUT2D eigenvalue weighted by atomic mass is 32.1. The predicted molar refractivity (Wildman–Crippen MR) is 167 cm³/mol. The van der Waals surface area contributed by atoms with Crippen molar-refractivity contribution in [1.82, 2.24) is 5.43 Å². The van der Waals surface area contributed by atoms with Crippen LogP contribution in [0.5, 0.6) is 5.75 Å². The number of hydrogen-bond acceptors (Lipinski definition) is 7. The van der Waals surface area contributed by atoms with E-state index in [9.17, 15) is 14.4 Å². The molecule has 2 amide bonds. The van der Waals surface area contributed by atoms with Crippen molar-refractivity contribution in [3.8, 4) is 5.75 Å². The number of hydrazone groups is 1. The molecule has 1 aliphatic carbocycles. The Kier molecular flexibility index (Phi) is 9.83. The number of ether oxygens (including phenoxy) is 2. The summed E-state index contributed by atoms with van der Waals surface area (Å²) in [6, 6.07) is 14.5. The van der Waals surface area contributed by atoms with Crippen LogP contribution in [-0.2, 0) is 27.8 Å². The maximum atomic E-state index is 13.1. The molecule has 0 spiro atoms. The first-order valence-corrected chi connectivity index (χ1v) is 15.1. The van der Waals surface area contributed by atoms with Gasteiger partial charge in [-0.3, -0.25) is 9.59 Å². The molecule has 4 rings (SSSR count). The fourth-order valence-corrected chi connectivity index (χ4v) is 6.10. The Balaban J connectivity index is 1.34. The molecule has 0 saturated carbocycles. The zero-order valence-corrected chi connectivity index (χ0v) is 25.9. The lowest BCUT2D eigenvalue weighted by Crippen LogP contribution is -2.33. The molecule has 0 bridgehead atoms. The fraction of sp³-hybridized carbons (Fsp3) is 0.394. The van der Waals surface area contributed by atoms with E-state index in [0.29, 0.717) is 27.8 Å². The molecule has 222 valence electrons. The first kappa shape index (κ1) is 31.0. The zero-order valence-electron chi connectivity index (χ0n) is 25.1. The molecule has 0 unspecified atom stereocenters. The summed E-state index contributed by atoms with van der Waals surface area (Å²) < 4.78 is 11.1. The van der Waals surface area contributed by atoms with Gasteiger partial charge in [-0.15, -0.1) is 11.3 Å². The van der Waals surface area contributed by atoms with Gasteiger partial charge >= 0.3 is 5.97 Å². The Morgan fingerprint density at radius 1 is 1.10 bits per heavy atom. The number of esters is 1. The number of amides is 2. The monoisotopic (exact) mass is 589 g/mol. The van der Waals surface area contributed by atoms with E-state index in [4.69, 9.17) is 9.47 Å². The van der Waals surface area contributed by atoms with Crippen LogP contribution in [-0.4, -0.2) is 36.7 Å². The Labute approximate surface area is 251 Å². The van der Waals surface area contributed by atoms with Crippen molar-refractivity contribution in [1.29, 1.82) is 0 Å². The normalized spacial score (nSPS) is 15.5. The standard InChI is InChI=1S/C33H39N3O5S/c1-7-40-32(39)28-26-17-8-20(2)18-27(26)42-31(28)35-30(38)23-11-15-25(16-12-23)41-21(3)29(37)36-34-19-22-9-13-24(14-10-22)33(4,5)6/h9-16,19-21H,7-8,17-18H2,1-6H3,(H,35,38)(H,36,37)/b34-19-/t20-,21-/m0/s1. The van der Waals surface area contributed by atoms with Crippen LogP contribution >= 0.6 is 11.3 Å². The molecule has 1 aliphatic rings. The topological polar surface area (TPSA) is 106 Å². The van der Waals surface area contributed by atoms with Crippen LogP contribution in [0.25, 0.3) is 0 Å². The molecule has 42 heavy (non-hydrogen) atoms. The highest BCUT2D eigenvalue weighted by Gasteiger charge is 2.29. The minimum atomic E-state index is -0.808. The zero-order chi connectivity index (χ0) is 30.4. The second-order valence-corrected chi connectivity index (χ2v) is 12.7. The van der Waals surface area contributed by atoms with E-state index in [-0.39, 0.29) is 17.9 Å². The van der Waals surface area contributed by atoms with Crippen LogP contribution in [0.4, 0.5) is 5.00 Å². The largest absolute Gasteiger partial charge is 0.481 e. The number of benzene rings is 2. The number of nitrogens with zero attached hydrogens (tertiary/aromatic N) is 1. The van der Waals surface area contributed by atoms with Gasteiger partial charge in [0.25, 0.3) is 11.8 Å². The van der Waals surface area contributed by atoms with E-state index in [0.717, 1.165) is 35.3 Å². The summed E-state index contributed by atoms with van der Waals surface area (Å²) in [5, 5.41) is 7.49. The molecular weight excluding hydrogens is 550 g/mol. The summed E-state index contributed by atoms with van der Waals surface area (Å²) in [7, 11) is 0. The van der Waals surface area contributed by atoms with Gasteiger partial charge in [-0.2, -0.15) is 5.10 Å². The molecule has 9 heteroatoms. The number of nitrogens with one attached hydrogen (secondary N) is 2. The van der Waals surface area contributed by atoms with Gasteiger partial charge in [0.1, 0.15) is 10.8 Å². The third-order valence-electron chi connectivity index (χ3n) is 7.18. The lowest BCUT2D eigenvalue weighted by atomic mass is 9.87. The Hall–Kier alpha value is -3.98. The van der Waals surface area contributed by atoms with Crippen molar-refractivity contribution in [2.24, 2.45) is 11.0 Å². The van der Waals surface area contributed by atoms with Gasteiger partial charge in [-0.1, -0.05) is 52.0 Å². The van der Waals surface area contributed by atoms with Gasteiger partial charge in [0.2, 0.25) is 0 Å². The minimum Gasteiger partial charge on any atom is -0.481 e. The molecule has 2 aromatic carbocycles. The number of rotatable bonds is 9. The van der Waals surface area contributed by atoms with Crippen LogP contribution in [0.1, 0.15) is 90.2 Å². The van der Waals surface area contributed by atoms with Crippen molar-refractivity contribution >= 4 is 40.3 Å². The molecule has 0 aliphatic heterocycles. The van der Waals surface area contributed by atoms with Crippen molar-refractivity contribution in [3.63, 3.8) is 0 Å². The maximum absolute atomic E-state index is 13.1. The summed E-state index contributed by atoms with van der Waals surface area (Å²) in [4.78, 5) is 39.5. The van der Waals surface area contributed by atoms with E-state index in [2.05, 4.69) is 43.5 Å². The number of carbonyl (C=O) groups excluding carboxylic acids is 3. The first-order valence-electron chi connectivity index (χ1n) is 14.3. The second kappa shape index (κ2) is 13.3. The Morgan fingerprint density at radius 3 is 2.43 bits per heavy atom. The molecule has 3 aromatic rings. The predicted octanol–water partition coefficient (Wildman–Crippen LogP) is 6.52. The summed E-state index contributed by atoms with van der Waals surface area (Å²) in [5.41, 5.74) is 6.52. The quantitative estimate of drug-likeness (QED) is 0.168. The van der Waals surface area contributed by atoms with Crippen LogP contribution in [0.3, 0.4) is 0 Å². The lowest BCUT2D eigenvalue weighted by molar-refractivity contribution is -0.127. The number of anilines is 1. The maximum Gasteiger partial charge on any atom is 0.341 e. The minimum absolute atomic E-state index is 0.0643. The average molecular weight is 590 g/mol. The van der Waals surface area contributed by atoms with Gasteiger partial charge in [-0.05, 0) is 85.4 Å². The van der Waals surface area contributed by atoms with Gasteiger partial charge in [0.05, 0.1) is 18.4 Å².